The Morgan fingerprint density at radius 1 is 0.966 bits per heavy atom. The number of imidazole rings is 1. The minimum absolute atomic E-state index is 0.293. The van der Waals surface area contributed by atoms with Crippen molar-refractivity contribution in [3.8, 4) is 0 Å². The van der Waals surface area contributed by atoms with Gasteiger partial charge in [-0.15, -0.1) is 0 Å². The number of aliphatic hydroxyl groups is 1. The van der Waals surface area contributed by atoms with Crippen molar-refractivity contribution >= 4 is 34.2 Å². The summed E-state index contributed by atoms with van der Waals surface area (Å²) in [6, 6.07) is 13.2. The summed E-state index contributed by atoms with van der Waals surface area (Å²) >= 11 is 12.1. The molecule has 1 saturated heterocycles. The molecule has 3 aromatic rings. The molecule has 1 aromatic heterocycles. The van der Waals surface area contributed by atoms with E-state index in [9.17, 15) is 5.11 Å². The van der Waals surface area contributed by atoms with Crippen molar-refractivity contribution in [2.45, 2.75) is 38.5 Å². The fourth-order valence-electron chi connectivity index (χ4n) is 4.28. The Balaban J connectivity index is 1.61. The Kier molecular flexibility index (Phi) is 6.30. The molecule has 3 N–H and O–H groups in total. The maximum Gasteiger partial charge on any atom is 0.203 e. The second-order valence-electron chi connectivity index (χ2n) is 7.82. The van der Waals surface area contributed by atoms with Gasteiger partial charge in [-0.25, -0.2) is 0 Å². The summed E-state index contributed by atoms with van der Waals surface area (Å²) in [5, 5.41) is 20.5. The third-order valence-electron chi connectivity index (χ3n) is 5.91. The second kappa shape index (κ2) is 8.92. The molecule has 0 unspecified atom stereocenters. The quantitative estimate of drug-likeness (QED) is 0.549. The van der Waals surface area contributed by atoms with Crippen LogP contribution in [0.2, 0.25) is 10.0 Å². The van der Waals surface area contributed by atoms with Crippen molar-refractivity contribution in [2.24, 2.45) is 0 Å². The van der Waals surface area contributed by atoms with Crippen LogP contribution in [0.5, 0.6) is 0 Å². The largest absolute Gasteiger partial charge is 0.387 e. The zero-order chi connectivity index (χ0) is 20.4. The average molecular weight is 434 g/mol. The summed E-state index contributed by atoms with van der Waals surface area (Å²) in [6.07, 6.45) is 3.16. The summed E-state index contributed by atoms with van der Waals surface area (Å²) < 4.78 is 3.95. The summed E-state index contributed by atoms with van der Waals surface area (Å²) in [5.41, 5.74) is 3.11. The number of fused-ring (bicyclic) bond motifs is 1. The fourth-order valence-corrected chi connectivity index (χ4v) is 4.58. The van der Waals surface area contributed by atoms with Crippen LogP contribution in [-0.4, -0.2) is 33.9 Å². The first-order valence-corrected chi connectivity index (χ1v) is 11.0. The van der Waals surface area contributed by atoms with Gasteiger partial charge in [0.2, 0.25) is 5.62 Å². The highest BCUT2D eigenvalue weighted by molar-refractivity contribution is 6.42. The molecule has 1 aliphatic heterocycles. The first kappa shape index (κ1) is 20.5. The summed E-state index contributed by atoms with van der Waals surface area (Å²) in [7, 11) is 0. The predicted octanol–water partition coefficient (Wildman–Crippen LogP) is 3.03. The SMILES string of the molecule is N=c1n(CC[NH+]2CCCCC2)c2ccccc2n1C[C@@H](O)c1ccc(Cl)c(Cl)c1. The smallest absolute Gasteiger partial charge is 0.203 e. The van der Waals surface area contributed by atoms with Crippen LogP contribution in [-0.2, 0) is 13.1 Å². The van der Waals surface area contributed by atoms with Gasteiger partial charge >= 0.3 is 0 Å². The molecule has 154 valence electrons. The molecule has 4 rings (SSSR count). The molecule has 0 bridgehead atoms. The van der Waals surface area contributed by atoms with Gasteiger partial charge in [0.25, 0.3) is 0 Å². The van der Waals surface area contributed by atoms with Gasteiger partial charge in [0.1, 0.15) is 0 Å². The van der Waals surface area contributed by atoms with Crippen LogP contribution < -0.4 is 10.5 Å². The van der Waals surface area contributed by atoms with Gasteiger partial charge in [0, 0.05) is 0 Å². The van der Waals surface area contributed by atoms with E-state index in [2.05, 4.69) is 10.6 Å². The van der Waals surface area contributed by atoms with Crippen molar-refractivity contribution in [2.75, 3.05) is 19.6 Å². The van der Waals surface area contributed by atoms with Crippen LogP contribution in [0.25, 0.3) is 11.0 Å². The number of para-hydroxylation sites is 2. The molecular formula is C22H27Cl2N4O+. The predicted molar refractivity (Wildman–Crippen MR) is 117 cm³/mol. The molecular weight excluding hydrogens is 407 g/mol. The van der Waals surface area contributed by atoms with Gasteiger partial charge in [-0.05, 0) is 49.1 Å². The fraction of sp³-hybridized carbons (Fsp3) is 0.409. The third-order valence-corrected chi connectivity index (χ3v) is 6.65. The number of rotatable bonds is 6. The summed E-state index contributed by atoms with van der Waals surface area (Å²) in [5.74, 6) is 0. The minimum Gasteiger partial charge on any atom is -0.387 e. The van der Waals surface area contributed by atoms with Crippen molar-refractivity contribution in [1.82, 2.24) is 9.13 Å². The number of halogens is 2. The molecule has 1 aliphatic rings. The van der Waals surface area contributed by atoms with Crippen molar-refractivity contribution in [3.63, 3.8) is 0 Å². The maximum atomic E-state index is 10.8. The Hall–Kier alpha value is -1.79. The van der Waals surface area contributed by atoms with Gasteiger partial charge in [-0.2, -0.15) is 0 Å². The highest BCUT2D eigenvalue weighted by Crippen LogP contribution is 2.26. The van der Waals surface area contributed by atoms with E-state index in [1.807, 2.05) is 22.8 Å². The molecule has 2 aromatic carbocycles. The number of aliphatic hydroxyl groups excluding tert-OH is 1. The molecule has 2 heterocycles. The van der Waals surface area contributed by atoms with Crippen molar-refractivity contribution in [1.29, 1.82) is 5.41 Å². The molecule has 0 aliphatic carbocycles. The summed E-state index contributed by atoms with van der Waals surface area (Å²) in [6.45, 7) is 4.58. The van der Waals surface area contributed by atoms with Crippen molar-refractivity contribution < 1.29 is 10.0 Å². The lowest BCUT2D eigenvalue weighted by molar-refractivity contribution is -0.905. The van der Waals surface area contributed by atoms with Crippen LogP contribution in [0.4, 0.5) is 0 Å². The molecule has 0 spiro atoms. The summed E-state index contributed by atoms with van der Waals surface area (Å²) in [4.78, 5) is 1.62. The van der Waals surface area contributed by atoms with E-state index in [0.717, 1.165) is 24.1 Å². The van der Waals surface area contributed by atoms with Gasteiger partial charge < -0.3 is 19.1 Å². The molecule has 29 heavy (non-hydrogen) atoms. The van der Waals surface area contributed by atoms with Gasteiger partial charge in [-0.3, -0.25) is 5.41 Å². The van der Waals surface area contributed by atoms with Gasteiger partial charge in [-0.1, -0.05) is 41.4 Å². The molecule has 0 saturated carbocycles. The third kappa shape index (κ3) is 4.38. The number of benzene rings is 2. The van der Waals surface area contributed by atoms with Crippen LogP contribution in [0.1, 0.15) is 30.9 Å². The Morgan fingerprint density at radius 3 is 2.34 bits per heavy atom. The standard InChI is InChI=1S/C22H26Cl2N4O/c23-17-9-8-16(14-18(17)24)21(29)15-28-20-7-3-2-6-19(20)27(22(28)25)13-12-26-10-4-1-5-11-26/h2-3,6-9,14,21,25,29H,1,4-5,10-13,15H2/p+1/t21-/m1/s1. The normalized spacial score (nSPS) is 16.4. The molecule has 0 amide bonds. The van der Waals surface area contributed by atoms with E-state index in [4.69, 9.17) is 28.6 Å². The number of quaternary nitrogens is 1. The number of aromatic nitrogens is 2. The Labute approximate surface area is 180 Å². The highest BCUT2D eigenvalue weighted by atomic mass is 35.5. The van der Waals surface area contributed by atoms with Gasteiger partial charge in [0.15, 0.2) is 0 Å². The van der Waals surface area contributed by atoms with Crippen LogP contribution in [0.3, 0.4) is 0 Å². The van der Waals surface area contributed by atoms with Crippen LogP contribution in [0.15, 0.2) is 42.5 Å². The van der Waals surface area contributed by atoms with E-state index in [1.165, 1.54) is 32.4 Å². The number of piperidine rings is 1. The lowest BCUT2D eigenvalue weighted by Gasteiger charge is -2.23. The number of nitrogens with one attached hydrogen (secondary N) is 2. The van der Waals surface area contributed by atoms with E-state index in [-0.39, 0.29) is 0 Å². The zero-order valence-electron chi connectivity index (χ0n) is 16.4. The monoisotopic (exact) mass is 433 g/mol. The lowest BCUT2D eigenvalue weighted by atomic mass is 10.1. The first-order chi connectivity index (χ1) is 14.0. The topological polar surface area (TPSA) is 58.4 Å². The lowest BCUT2D eigenvalue weighted by Crippen LogP contribution is -3.13. The Bertz CT molecular complexity index is 1050. The molecule has 0 radical (unpaired) electrons. The van der Waals surface area contributed by atoms with E-state index in [1.54, 1.807) is 23.1 Å². The van der Waals surface area contributed by atoms with Crippen LogP contribution in [0, 0.1) is 5.41 Å². The number of hydrogen-bond donors (Lipinski definition) is 3. The van der Waals surface area contributed by atoms with Gasteiger partial charge in [0.05, 0.1) is 59.9 Å². The average Bonchev–Trinajstić information content (AvgIpc) is 3.00. The van der Waals surface area contributed by atoms with E-state index < -0.39 is 6.10 Å². The highest BCUT2D eigenvalue weighted by Gasteiger charge is 2.18. The zero-order valence-corrected chi connectivity index (χ0v) is 17.9. The number of hydrogen-bond acceptors (Lipinski definition) is 2. The maximum absolute atomic E-state index is 10.8. The minimum atomic E-state index is -0.772. The second-order valence-corrected chi connectivity index (χ2v) is 8.64. The first-order valence-electron chi connectivity index (χ1n) is 10.2. The van der Waals surface area contributed by atoms with Crippen molar-refractivity contribution in [3.05, 3.63) is 63.7 Å². The molecule has 1 fully saturated rings. The van der Waals surface area contributed by atoms with E-state index >= 15 is 0 Å². The molecule has 5 nitrogen and oxygen atoms in total. The number of likely N-dealkylation sites (tertiary alicyclic amines) is 1. The molecule has 1 atom stereocenters. The van der Waals surface area contributed by atoms with Crippen LogP contribution >= 0.6 is 23.2 Å². The van der Waals surface area contributed by atoms with E-state index in [0.29, 0.717) is 27.8 Å². The Morgan fingerprint density at radius 2 is 1.66 bits per heavy atom. The molecule has 7 heteroatoms. The number of nitrogens with zero attached hydrogens (tertiary/aromatic N) is 2.